The second-order valence-corrected chi connectivity index (χ2v) is 10.6. The Balaban J connectivity index is 1.16. The van der Waals surface area contributed by atoms with Gasteiger partial charge in [0.25, 0.3) is 5.91 Å². The van der Waals surface area contributed by atoms with Crippen molar-refractivity contribution in [2.75, 3.05) is 19.7 Å². The van der Waals surface area contributed by atoms with Crippen molar-refractivity contribution in [3.05, 3.63) is 88.4 Å². The highest BCUT2D eigenvalue weighted by Gasteiger charge is 2.39. The van der Waals surface area contributed by atoms with E-state index in [9.17, 15) is 9.59 Å². The minimum absolute atomic E-state index is 0.0833. The Morgan fingerprint density at radius 2 is 1.89 bits per heavy atom. The number of ether oxygens (including phenoxy) is 2. The van der Waals surface area contributed by atoms with E-state index in [2.05, 4.69) is 53.5 Å². The molecule has 38 heavy (non-hydrogen) atoms. The summed E-state index contributed by atoms with van der Waals surface area (Å²) < 4.78 is 17.4. The molecule has 198 valence electrons. The first-order chi connectivity index (χ1) is 18.5. The van der Waals surface area contributed by atoms with Crippen molar-refractivity contribution in [1.29, 1.82) is 0 Å². The lowest BCUT2D eigenvalue weighted by atomic mass is 9.87. The fourth-order valence-electron chi connectivity index (χ4n) is 5.42. The number of benzene rings is 2. The summed E-state index contributed by atoms with van der Waals surface area (Å²) in [5.41, 5.74) is 4.67. The number of fused-ring (bicyclic) bond motifs is 1. The maximum absolute atomic E-state index is 13.2. The minimum Gasteiger partial charge on any atom is -0.486 e. The maximum Gasteiger partial charge on any atom is 0.287 e. The van der Waals surface area contributed by atoms with Gasteiger partial charge in [-0.2, -0.15) is 0 Å². The third kappa shape index (κ3) is 5.34. The normalized spacial score (nSPS) is 20.7. The van der Waals surface area contributed by atoms with Crippen molar-refractivity contribution in [2.45, 2.75) is 57.8 Å². The zero-order chi connectivity index (χ0) is 26.1. The van der Waals surface area contributed by atoms with Crippen LogP contribution in [0.15, 0.2) is 59.0 Å². The Morgan fingerprint density at radius 1 is 1.05 bits per heavy atom. The molecule has 2 fully saturated rings. The van der Waals surface area contributed by atoms with Crippen molar-refractivity contribution in [3.63, 3.8) is 0 Å². The highest BCUT2D eigenvalue weighted by atomic mass is 16.5. The Bertz CT molecular complexity index is 1300. The van der Waals surface area contributed by atoms with Crippen molar-refractivity contribution in [3.8, 4) is 5.75 Å². The van der Waals surface area contributed by atoms with Gasteiger partial charge in [0, 0.05) is 25.6 Å². The van der Waals surface area contributed by atoms with Crippen molar-refractivity contribution < 1.29 is 23.5 Å². The van der Waals surface area contributed by atoms with Gasteiger partial charge in [0.2, 0.25) is 5.91 Å². The van der Waals surface area contributed by atoms with Crippen LogP contribution >= 0.6 is 0 Å². The van der Waals surface area contributed by atoms with Gasteiger partial charge in [-0.1, -0.05) is 35.9 Å². The quantitative estimate of drug-likeness (QED) is 0.460. The number of nitrogens with one attached hydrogen (secondary N) is 1. The molecule has 1 saturated heterocycles. The monoisotopic (exact) mass is 514 g/mol. The molecule has 0 bridgehead atoms. The molecule has 3 aromatic rings. The Labute approximate surface area is 223 Å². The second-order valence-electron chi connectivity index (χ2n) is 10.6. The lowest BCUT2D eigenvalue weighted by Crippen LogP contribution is -2.41. The summed E-state index contributed by atoms with van der Waals surface area (Å²) in [6, 6.07) is 17.9. The van der Waals surface area contributed by atoms with Crippen LogP contribution in [0.2, 0.25) is 0 Å². The topological polar surface area (TPSA) is 81.0 Å². The predicted octanol–water partition coefficient (Wildman–Crippen LogP) is 4.96. The summed E-state index contributed by atoms with van der Waals surface area (Å²) >= 11 is 0. The van der Waals surface area contributed by atoms with Gasteiger partial charge in [-0.3, -0.25) is 9.59 Å². The van der Waals surface area contributed by atoms with Crippen molar-refractivity contribution in [2.24, 2.45) is 5.92 Å². The van der Waals surface area contributed by atoms with E-state index in [-0.39, 0.29) is 42.2 Å². The Morgan fingerprint density at radius 3 is 2.66 bits per heavy atom. The Kier molecular flexibility index (Phi) is 6.94. The molecule has 2 aliphatic heterocycles. The number of aryl methyl sites for hydroxylation is 1. The van der Waals surface area contributed by atoms with Crippen LogP contribution in [-0.4, -0.2) is 42.5 Å². The van der Waals surface area contributed by atoms with E-state index < -0.39 is 0 Å². The lowest BCUT2D eigenvalue weighted by molar-refractivity contribution is -0.134. The van der Waals surface area contributed by atoms with E-state index in [0.717, 1.165) is 56.4 Å². The molecule has 7 nitrogen and oxygen atoms in total. The van der Waals surface area contributed by atoms with E-state index in [4.69, 9.17) is 13.9 Å². The summed E-state index contributed by atoms with van der Waals surface area (Å²) in [7, 11) is 0. The zero-order valence-electron chi connectivity index (χ0n) is 21.8. The molecule has 6 rings (SSSR count). The maximum atomic E-state index is 13.2. The summed E-state index contributed by atoms with van der Waals surface area (Å²) in [6.07, 6.45) is 4.90. The third-order valence-electron chi connectivity index (χ3n) is 7.73. The molecule has 1 aliphatic carbocycles. The van der Waals surface area contributed by atoms with E-state index in [1.807, 2.05) is 6.07 Å². The van der Waals surface area contributed by atoms with E-state index in [1.165, 1.54) is 11.1 Å². The number of furan rings is 1. The number of carbonyl (C=O) groups is 2. The van der Waals surface area contributed by atoms with Gasteiger partial charge in [-0.05, 0) is 80.0 Å². The van der Waals surface area contributed by atoms with Gasteiger partial charge in [0.1, 0.15) is 18.1 Å². The molecular weight excluding hydrogens is 480 g/mol. The molecule has 3 heterocycles. The standard InChI is InChI=1S/C31H34N2O5/c1-20-4-6-22(7-5-20)29-27-17-24(11-10-21(27)14-15-33(29)31(35)23-8-9-23)37-19-26-12-13-28(38-26)30(34)32-18-25-3-2-16-36-25/h4-7,10-13,17,23,25,29H,2-3,8-9,14-16,18-19H2,1H3,(H,32,34)/t25-,29+/m0/s1. The van der Waals surface area contributed by atoms with Crippen LogP contribution in [0.4, 0.5) is 0 Å². The largest absolute Gasteiger partial charge is 0.486 e. The van der Waals surface area contributed by atoms with Gasteiger partial charge in [-0.15, -0.1) is 0 Å². The Hall–Kier alpha value is -3.58. The highest BCUT2D eigenvalue weighted by Crippen LogP contribution is 2.41. The smallest absolute Gasteiger partial charge is 0.287 e. The summed E-state index contributed by atoms with van der Waals surface area (Å²) in [5.74, 6) is 1.73. The van der Waals surface area contributed by atoms with E-state index in [1.54, 1.807) is 12.1 Å². The number of hydrogen-bond acceptors (Lipinski definition) is 5. The fraction of sp³-hybridized carbons (Fsp3) is 0.419. The molecule has 2 aromatic carbocycles. The number of amides is 2. The van der Waals surface area contributed by atoms with Crippen LogP contribution in [0.3, 0.4) is 0 Å². The summed E-state index contributed by atoms with van der Waals surface area (Å²) in [4.78, 5) is 27.7. The molecule has 2 amide bonds. The van der Waals surface area contributed by atoms with E-state index >= 15 is 0 Å². The first-order valence-electron chi connectivity index (χ1n) is 13.7. The molecule has 2 atom stereocenters. The first-order valence-corrected chi connectivity index (χ1v) is 13.7. The zero-order valence-corrected chi connectivity index (χ0v) is 21.8. The average molecular weight is 515 g/mol. The van der Waals surface area contributed by atoms with Crippen LogP contribution in [0.25, 0.3) is 0 Å². The van der Waals surface area contributed by atoms with Crippen molar-refractivity contribution in [1.82, 2.24) is 10.2 Å². The minimum atomic E-state index is -0.248. The number of carbonyl (C=O) groups excluding carboxylic acids is 2. The van der Waals surface area contributed by atoms with Gasteiger partial charge in [0.05, 0.1) is 12.1 Å². The molecule has 0 spiro atoms. The van der Waals surface area contributed by atoms with E-state index in [0.29, 0.717) is 18.1 Å². The molecular formula is C31H34N2O5. The summed E-state index contributed by atoms with van der Waals surface area (Å²) in [6.45, 7) is 4.25. The number of rotatable bonds is 8. The summed E-state index contributed by atoms with van der Waals surface area (Å²) in [5, 5.41) is 2.88. The number of hydrogen-bond donors (Lipinski definition) is 1. The number of nitrogens with zero attached hydrogens (tertiary/aromatic N) is 1. The molecule has 7 heteroatoms. The predicted molar refractivity (Wildman–Crippen MR) is 142 cm³/mol. The third-order valence-corrected chi connectivity index (χ3v) is 7.73. The van der Waals surface area contributed by atoms with Gasteiger partial charge >= 0.3 is 0 Å². The molecule has 0 radical (unpaired) electrons. The van der Waals surface area contributed by atoms with Gasteiger partial charge < -0.3 is 24.1 Å². The molecule has 1 saturated carbocycles. The second kappa shape index (κ2) is 10.7. The van der Waals surface area contributed by atoms with Crippen LogP contribution < -0.4 is 10.1 Å². The van der Waals surface area contributed by atoms with Crippen molar-refractivity contribution >= 4 is 11.8 Å². The lowest BCUT2D eigenvalue weighted by Gasteiger charge is -2.38. The fourth-order valence-corrected chi connectivity index (χ4v) is 5.42. The van der Waals surface area contributed by atoms with Crippen LogP contribution in [-0.2, 0) is 22.6 Å². The van der Waals surface area contributed by atoms with Gasteiger partial charge in [-0.25, -0.2) is 0 Å². The van der Waals surface area contributed by atoms with Crippen LogP contribution in [0.1, 0.15) is 70.3 Å². The SMILES string of the molecule is Cc1ccc([C@@H]2c3cc(OCc4ccc(C(=O)NC[C@@H]5CCCO5)o4)ccc3CCN2C(=O)C2CC2)cc1. The van der Waals surface area contributed by atoms with Crippen LogP contribution in [0.5, 0.6) is 5.75 Å². The molecule has 3 aliphatic rings. The molecule has 0 unspecified atom stereocenters. The first kappa shape index (κ1) is 24.7. The van der Waals surface area contributed by atoms with Gasteiger partial charge in [0.15, 0.2) is 5.76 Å². The molecule has 1 aromatic heterocycles. The highest BCUT2D eigenvalue weighted by molar-refractivity contribution is 5.91. The molecule has 1 N–H and O–H groups in total. The average Bonchev–Trinajstić information content (AvgIpc) is 3.44. The van der Waals surface area contributed by atoms with Crippen LogP contribution in [0, 0.1) is 12.8 Å².